The topological polar surface area (TPSA) is 20.2 Å². The van der Waals surface area contributed by atoms with Gasteiger partial charge in [0.15, 0.2) is 0 Å². The van der Waals surface area contributed by atoms with E-state index < -0.39 is 17.7 Å². The molecule has 1 atom stereocenters. The van der Waals surface area contributed by atoms with Crippen molar-refractivity contribution < 1.29 is 13.9 Å². The van der Waals surface area contributed by atoms with Gasteiger partial charge in [0.05, 0.1) is 6.10 Å². The van der Waals surface area contributed by atoms with Crippen LogP contribution in [0.5, 0.6) is 0 Å². The lowest BCUT2D eigenvalue weighted by atomic mass is 10.0. The molecule has 0 aliphatic heterocycles. The Kier molecular flexibility index (Phi) is 4.55. The zero-order chi connectivity index (χ0) is 14.0. The smallest absolute Gasteiger partial charge is 0.130 e. The highest BCUT2D eigenvalue weighted by Gasteiger charge is 2.16. The maximum absolute atomic E-state index is 13.7. The van der Waals surface area contributed by atoms with Crippen LogP contribution >= 0.6 is 27.5 Å². The molecule has 0 radical (unpaired) electrons. The molecule has 0 aliphatic carbocycles. The Hall–Kier alpha value is -0.970. The van der Waals surface area contributed by atoms with Crippen LogP contribution in [-0.2, 0) is 6.42 Å². The Bertz CT molecular complexity index is 604. The van der Waals surface area contributed by atoms with Gasteiger partial charge in [-0.1, -0.05) is 33.6 Å². The van der Waals surface area contributed by atoms with Crippen LogP contribution in [0.25, 0.3) is 0 Å². The van der Waals surface area contributed by atoms with Crippen LogP contribution in [0.4, 0.5) is 8.78 Å². The van der Waals surface area contributed by atoms with Gasteiger partial charge in [0.25, 0.3) is 0 Å². The number of benzene rings is 2. The number of rotatable bonds is 3. The molecular formula is C14H10BrClF2O. The first-order valence-electron chi connectivity index (χ1n) is 5.54. The van der Waals surface area contributed by atoms with Gasteiger partial charge in [-0.2, -0.15) is 0 Å². The van der Waals surface area contributed by atoms with E-state index in [0.29, 0.717) is 9.50 Å². The number of halogens is 4. The highest BCUT2D eigenvalue weighted by atomic mass is 79.9. The Labute approximate surface area is 123 Å². The minimum absolute atomic E-state index is 0.0368. The molecule has 1 N–H and O–H groups in total. The van der Waals surface area contributed by atoms with Gasteiger partial charge in [0, 0.05) is 21.5 Å². The van der Waals surface area contributed by atoms with Crippen molar-refractivity contribution in [3.8, 4) is 0 Å². The molecular weight excluding hydrogens is 338 g/mol. The first kappa shape index (κ1) is 14.4. The van der Waals surface area contributed by atoms with Gasteiger partial charge in [-0.25, -0.2) is 8.78 Å². The molecule has 2 rings (SSSR count). The summed E-state index contributed by atoms with van der Waals surface area (Å²) in [6, 6.07) is 8.42. The van der Waals surface area contributed by atoms with E-state index in [1.807, 2.05) is 0 Å². The van der Waals surface area contributed by atoms with Crippen molar-refractivity contribution in [3.63, 3.8) is 0 Å². The summed E-state index contributed by atoms with van der Waals surface area (Å²) >= 11 is 8.90. The maximum Gasteiger partial charge on any atom is 0.130 e. The van der Waals surface area contributed by atoms with Crippen molar-refractivity contribution in [2.24, 2.45) is 0 Å². The number of hydrogen-bond acceptors (Lipinski definition) is 1. The van der Waals surface area contributed by atoms with Crippen molar-refractivity contribution in [2.75, 3.05) is 0 Å². The molecule has 0 fully saturated rings. The molecule has 1 unspecified atom stereocenters. The van der Waals surface area contributed by atoms with E-state index in [9.17, 15) is 13.9 Å². The van der Waals surface area contributed by atoms with Crippen molar-refractivity contribution in [1.82, 2.24) is 0 Å². The Morgan fingerprint density at radius 1 is 1.11 bits per heavy atom. The van der Waals surface area contributed by atoms with Crippen LogP contribution in [0.2, 0.25) is 5.02 Å². The third kappa shape index (κ3) is 3.53. The molecule has 2 aromatic rings. The molecule has 5 heteroatoms. The fourth-order valence-electron chi connectivity index (χ4n) is 1.79. The van der Waals surface area contributed by atoms with Gasteiger partial charge >= 0.3 is 0 Å². The summed E-state index contributed by atoms with van der Waals surface area (Å²) < 4.78 is 27.8. The average molecular weight is 348 g/mol. The molecule has 0 aliphatic rings. The fraction of sp³-hybridized carbons (Fsp3) is 0.143. The lowest BCUT2D eigenvalue weighted by Gasteiger charge is -2.13. The largest absolute Gasteiger partial charge is 0.388 e. The summed E-state index contributed by atoms with van der Waals surface area (Å²) in [7, 11) is 0. The third-order valence-electron chi connectivity index (χ3n) is 2.74. The molecule has 19 heavy (non-hydrogen) atoms. The second-order valence-corrected chi connectivity index (χ2v) is 5.47. The zero-order valence-corrected chi connectivity index (χ0v) is 12.0. The minimum atomic E-state index is -1.12. The summed E-state index contributed by atoms with van der Waals surface area (Å²) in [5.74, 6) is -1.01. The molecule has 0 saturated carbocycles. The highest BCUT2D eigenvalue weighted by molar-refractivity contribution is 9.10. The molecule has 0 amide bonds. The summed E-state index contributed by atoms with van der Waals surface area (Å²) in [4.78, 5) is 0. The van der Waals surface area contributed by atoms with E-state index in [-0.39, 0.29) is 17.5 Å². The van der Waals surface area contributed by atoms with Gasteiger partial charge in [-0.05, 0) is 35.9 Å². The van der Waals surface area contributed by atoms with Gasteiger partial charge in [-0.3, -0.25) is 0 Å². The Morgan fingerprint density at radius 3 is 2.53 bits per heavy atom. The number of aliphatic hydroxyl groups excluding tert-OH is 1. The van der Waals surface area contributed by atoms with Crippen LogP contribution in [0.15, 0.2) is 40.9 Å². The van der Waals surface area contributed by atoms with E-state index in [1.54, 1.807) is 6.07 Å². The zero-order valence-electron chi connectivity index (χ0n) is 9.71. The normalized spacial score (nSPS) is 12.5. The third-order valence-corrected chi connectivity index (χ3v) is 3.47. The highest BCUT2D eigenvalue weighted by Crippen LogP contribution is 2.26. The second kappa shape index (κ2) is 5.99. The predicted molar refractivity (Wildman–Crippen MR) is 74.2 cm³/mol. The summed E-state index contributed by atoms with van der Waals surface area (Å²) in [5.41, 5.74) is 0.380. The van der Waals surface area contributed by atoms with Crippen LogP contribution < -0.4 is 0 Å². The SMILES string of the molecule is OC(Cc1cc(Cl)ccc1F)c1ccc(Br)cc1F. The quantitative estimate of drug-likeness (QED) is 0.856. The van der Waals surface area contributed by atoms with Gasteiger partial charge in [-0.15, -0.1) is 0 Å². The first-order valence-corrected chi connectivity index (χ1v) is 6.71. The molecule has 0 bridgehead atoms. The van der Waals surface area contributed by atoms with Gasteiger partial charge in [0.2, 0.25) is 0 Å². The minimum Gasteiger partial charge on any atom is -0.388 e. The number of hydrogen-bond donors (Lipinski definition) is 1. The summed E-state index contributed by atoms with van der Waals surface area (Å²) in [6.07, 6.45) is -1.16. The standard InChI is InChI=1S/C14H10BrClF2O/c15-9-1-3-11(13(18)7-9)14(19)6-8-5-10(16)2-4-12(8)17/h1-5,7,14,19H,6H2. The first-order chi connectivity index (χ1) is 8.97. The summed E-state index contributed by atoms with van der Waals surface area (Å²) in [5, 5.41) is 10.4. The molecule has 0 aromatic heterocycles. The number of aliphatic hydroxyl groups is 1. The predicted octanol–water partition coefficient (Wildman–Crippen LogP) is 4.66. The maximum atomic E-state index is 13.7. The van der Waals surface area contributed by atoms with Gasteiger partial charge in [0.1, 0.15) is 11.6 Å². The Balaban J connectivity index is 2.25. The molecule has 2 aromatic carbocycles. The van der Waals surface area contributed by atoms with Crippen LogP contribution in [0.3, 0.4) is 0 Å². The lowest BCUT2D eigenvalue weighted by Crippen LogP contribution is -2.06. The monoisotopic (exact) mass is 346 g/mol. The molecule has 100 valence electrons. The summed E-state index contributed by atoms with van der Waals surface area (Å²) in [6.45, 7) is 0. The van der Waals surface area contributed by atoms with E-state index in [0.717, 1.165) is 0 Å². The van der Waals surface area contributed by atoms with Crippen LogP contribution in [0.1, 0.15) is 17.2 Å². The lowest BCUT2D eigenvalue weighted by molar-refractivity contribution is 0.172. The second-order valence-electron chi connectivity index (χ2n) is 4.12. The van der Waals surface area contributed by atoms with E-state index >= 15 is 0 Å². The molecule has 0 saturated heterocycles. The van der Waals surface area contributed by atoms with Crippen molar-refractivity contribution in [2.45, 2.75) is 12.5 Å². The molecule has 0 heterocycles. The van der Waals surface area contributed by atoms with Crippen LogP contribution in [0, 0.1) is 11.6 Å². The van der Waals surface area contributed by atoms with Crippen LogP contribution in [-0.4, -0.2) is 5.11 Å². The van der Waals surface area contributed by atoms with Crippen molar-refractivity contribution >= 4 is 27.5 Å². The van der Waals surface area contributed by atoms with E-state index in [2.05, 4.69) is 15.9 Å². The molecule has 0 spiro atoms. The van der Waals surface area contributed by atoms with Gasteiger partial charge < -0.3 is 5.11 Å². The molecule has 1 nitrogen and oxygen atoms in total. The average Bonchev–Trinajstić information content (AvgIpc) is 2.33. The van der Waals surface area contributed by atoms with Crippen molar-refractivity contribution in [1.29, 1.82) is 0 Å². The van der Waals surface area contributed by atoms with E-state index in [1.165, 1.54) is 30.3 Å². The van der Waals surface area contributed by atoms with Crippen molar-refractivity contribution in [3.05, 3.63) is 68.7 Å². The van der Waals surface area contributed by atoms with E-state index in [4.69, 9.17) is 11.6 Å². The fourth-order valence-corrected chi connectivity index (χ4v) is 2.32. The Morgan fingerprint density at radius 2 is 1.84 bits per heavy atom.